The predicted octanol–water partition coefficient (Wildman–Crippen LogP) is -0.159. The van der Waals surface area contributed by atoms with E-state index >= 15 is 0 Å². The topological polar surface area (TPSA) is 73.8 Å². The number of aromatic nitrogens is 4. The highest BCUT2D eigenvalue weighted by molar-refractivity contribution is 5.69. The number of hydrogen-bond acceptors (Lipinski definition) is 4. The second-order valence-electron chi connectivity index (χ2n) is 5.21. The van der Waals surface area contributed by atoms with Crippen LogP contribution in [0.25, 0.3) is 11.2 Å². The van der Waals surface area contributed by atoms with E-state index in [1.165, 1.54) is 4.57 Å². The summed E-state index contributed by atoms with van der Waals surface area (Å²) in [6.45, 7) is 4.09. The molecule has 1 N–H and O–H groups in total. The van der Waals surface area contributed by atoms with Crippen LogP contribution in [0.2, 0.25) is 0 Å². The van der Waals surface area contributed by atoms with Crippen LogP contribution < -0.4 is 16.6 Å². The lowest BCUT2D eigenvalue weighted by molar-refractivity contribution is 0.345. The maximum absolute atomic E-state index is 12.7. The average Bonchev–Trinajstić information content (AvgIpc) is 2.83. The third-order valence-electron chi connectivity index (χ3n) is 4.02. The first-order chi connectivity index (χ1) is 9.65. The van der Waals surface area contributed by atoms with E-state index in [-0.39, 0.29) is 17.3 Å². The number of piperidine rings is 1. The van der Waals surface area contributed by atoms with Crippen molar-refractivity contribution in [1.29, 1.82) is 0 Å². The molecule has 2 aromatic rings. The van der Waals surface area contributed by atoms with Gasteiger partial charge in [0.15, 0.2) is 11.2 Å². The van der Waals surface area contributed by atoms with Crippen LogP contribution in [0.1, 0.15) is 25.8 Å². The van der Waals surface area contributed by atoms with Gasteiger partial charge in [-0.25, -0.2) is 9.78 Å². The number of aryl methyl sites for hydroxylation is 2. The Bertz CT molecular complexity index is 748. The Morgan fingerprint density at radius 1 is 1.35 bits per heavy atom. The van der Waals surface area contributed by atoms with E-state index in [1.807, 2.05) is 6.92 Å². The Kier molecular flexibility index (Phi) is 3.21. The summed E-state index contributed by atoms with van der Waals surface area (Å²) in [5, 5.41) is 3.25. The average molecular weight is 277 g/mol. The number of imidazole rings is 1. The Morgan fingerprint density at radius 2 is 2.05 bits per heavy atom. The van der Waals surface area contributed by atoms with Crippen LogP contribution in [-0.4, -0.2) is 31.8 Å². The maximum atomic E-state index is 12.7. The first-order valence-electron chi connectivity index (χ1n) is 7.02. The molecule has 1 aliphatic heterocycles. The molecule has 108 valence electrons. The second-order valence-corrected chi connectivity index (χ2v) is 5.21. The highest BCUT2D eigenvalue weighted by Gasteiger charge is 2.23. The molecule has 1 fully saturated rings. The minimum absolute atomic E-state index is 0.0200. The normalized spacial score (nSPS) is 16.9. The van der Waals surface area contributed by atoms with Gasteiger partial charge in [-0.05, 0) is 32.9 Å². The molecule has 2 aromatic heterocycles. The van der Waals surface area contributed by atoms with Crippen LogP contribution in [0.5, 0.6) is 0 Å². The smallest absolute Gasteiger partial charge is 0.328 e. The van der Waals surface area contributed by atoms with Crippen molar-refractivity contribution in [2.45, 2.75) is 32.4 Å². The fraction of sp³-hybridized carbons (Fsp3) is 0.615. The Labute approximate surface area is 115 Å². The lowest BCUT2D eigenvalue weighted by Gasteiger charge is -2.24. The molecular weight excluding hydrogens is 258 g/mol. The standard InChI is InChI=1S/C13H19N5O2/c1-3-17-11-10(16(2)8-15-11)12(19)18(13(17)20)9-4-6-14-7-5-9/h8-9,14H,3-7H2,1-2H3. The lowest BCUT2D eigenvalue weighted by atomic mass is 10.1. The largest absolute Gasteiger partial charge is 0.332 e. The van der Waals surface area contributed by atoms with E-state index in [9.17, 15) is 9.59 Å². The Morgan fingerprint density at radius 3 is 2.70 bits per heavy atom. The van der Waals surface area contributed by atoms with Gasteiger partial charge in [0.25, 0.3) is 5.56 Å². The molecule has 1 saturated heterocycles. The fourth-order valence-electron chi connectivity index (χ4n) is 2.96. The van der Waals surface area contributed by atoms with Crippen LogP contribution in [0, 0.1) is 0 Å². The van der Waals surface area contributed by atoms with E-state index in [2.05, 4.69) is 10.3 Å². The number of nitrogens with zero attached hydrogens (tertiary/aromatic N) is 4. The van der Waals surface area contributed by atoms with Crippen molar-refractivity contribution >= 4 is 11.2 Å². The molecule has 3 rings (SSSR count). The first-order valence-corrected chi connectivity index (χ1v) is 7.02. The van der Waals surface area contributed by atoms with Gasteiger partial charge in [0.05, 0.1) is 6.33 Å². The van der Waals surface area contributed by atoms with Crippen molar-refractivity contribution in [2.24, 2.45) is 7.05 Å². The second kappa shape index (κ2) is 4.90. The fourth-order valence-corrected chi connectivity index (χ4v) is 2.96. The number of nitrogens with one attached hydrogen (secondary N) is 1. The summed E-state index contributed by atoms with van der Waals surface area (Å²) >= 11 is 0. The summed E-state index contributed by atoms with van der Waals surface area (Å²) in [6, 6.07) is -0.0200. The zero-order chi connectivity index (χ0) is 14.3. The van der Waals surface area contributed by atoms with Gasteiger partial charge in [0.2, 0.25) is 0 Å². The lowest BCUT2D eigenvalue weighted by Crippen LogP contribution is -2.45. The van der Waals surface area contributed by atoms with Crippen molar-refractivity contribution in [2.75, 3.05) is 13.1 Å². The molecule has 0 unspecified atom stereocenters. The molecule has 1 aliphatic rings. The highest BCUT2D eigenvalue weighted by Crippen LogP contribution is 2.16. The maximum Gasteiger partial charge on any atom is 0.332 e. The molecule has 0 amide bonds. The van der Waals surface area contributed by atoms with Gasteiger partial charge < -0.3 is 9.88 Å². The minimum Gasteiger partial charge on any atom is -0.328 e. The molecule has 20 heavy (non-hydrogen) atoms. The summed E-state index contributed by atoms with van der Waals surface area (Å²) in [6.07, 6.45) is 3.20. The van der Waals surface area contributed by atoms with Crippen molar-refractivity contribution < 1.29 is 0 Å². The number of fused-ring (bicyclic) bond motifs is 1. The van der Waals surface area contributed by atoms with Gasteiger partial charge in [-0.3, -0.25) is 13.9 Å². The van der Waals surface area contributed by atoms with Crippen LogP contribution in [0.15, 0.2) is 15.9 Å². The monoisotopic (exact) mass is 277 g/mol. The number of rotatable bonds is 2. The molecule has 0 saturated carbocycles. The summed E-state index contributed by atoms with van der Waals surface area (Å²) in [5.74, 6) is 0. The van der Waals surface area contributed by atoms with Crippen molar-refractivity contribution in [3.05, 3.63) is 27.2 Å². The molecule has 0 spiro atoms. The molecular formula is C13H19N5O2. The molecule has 3 heterocycles. The summed E-state index contributed by atoms with van der Waals surface area (Å²) in [4.78, 5) is 29.5. The van der Waals surface area contributed by atoms with E-state index in [4.69, 9.17) is 0 Å². The first kappa shape index (κ1) is 13.1. The molecule has 0 aromatic carbocycles. The van der Waals surface area contributed by atoms with Gasteiger partial charge in [0, 0.05) is 19.6 Å². The minimum atomic E-state index is -0.240. The van der Waals surface area contributed by atoms with E-state index in [0.29, 0.717) is 17.7 Å². The van der Waals surface area contributed by atoms with Gasteiger partial charge in [0.1, 0.15) is 0 Å². The van der Waals surface area contributed by atoms with Crippen LogP contribution >= 0.6 is 0 Å². The van der Waals surface area contributed by atoms with Crippen LogP contribution in [0.4, 0.5) is 0 Å². The number of hydrogen-bond donors (Lipinski definition) is 1. The zero-order valence-electron chi connectivity index (χ0n) is 11.8. The summed E-state index contributed by atoms with van der Waals surface area (Å²) < 4.78 is 4.70. The van der Waals surface area contributed by atoms with Gasteiger partial charge in [-0.1, -0.05) is 0 Å². The van der Waals surface area contributed by atoms with Crippen molar-refractivity contribution in [1.82, 2.24) is 24.0 Å². The van der Waals surface area contributed by atoms with E-state index in [1.54, 1.807) is 22.5 Å². The Hall–Kier alpha value is -1.89. The van der Waals surface area contributed by atoms with Gasteiger partial charge in [-0.2, -0.15) is 0 Å². The van der Waals surface area contributed by atoms with Crippen LogP contribution in [-0.2, 0) is 13.6 Å². The molecule has 0 atom stereocenters. The SMILES string of the molecule is CCn1c(=O)n(C2CCNCC2)c(=O)c2c1ncn2C. The molecule has 0 aliphatic carbocycles. The van der Waals surface area contributed by atoms with Crippen molar-refractivity contribution in [3.8, 4) is 0 Å². The van der Waals surface area contributed by atoms with Gasteiger partial charge in [-0.15, -0.1) is 0 Å². The third kappa shape index (κ3) is 1.81. The molecule has 7 heteroatoms. The van der Waals surface area contributed by atoms with Crippen LogP contribution in [0.3, 0.4) is 0 Å². The van der Waals surface area contributed by atoms with E-state index < -0.39 is 0 Å². The van der Waals surface area contributed by atoms with Gasteiger partial charge >= 0.3 is 5.69 Å². The quantitative estimate of drug-likeness (QED) is 0.828. The van der Waals surface area contributed by atoms with Crippen molar-refractivity contribution in [3.63, 3.8) is 0 Å². The molecule has 0 radical (unpaired) electrons. The molecule has 7 nitrogen and oxygen atoms in total. The summed E-state index contributed by atoms with van der Waals surface area (Å²) in [5.41, 5.74) is 0.525. The van der Waals surface area contributed by atoms with E-state index in [0.717, 1.165) is 25.9 Å². The molecule has 0 bridgehead atoms. The Balaban J connectivity index is 2.33. The zero-order valence-corrected chi connectivity index (χ0v) is 11.8. The summed E-state index contributed by atoms with van der Waals surface area (Å²) in [7, 11) is 1.79. The highest BCUT2D eigenvalue weighted by atomic mass is 16.2. The predicted molar refractivity (Wildman–Crippen MR) is 76.0 cm³/mol. The third-order valence-corrected chi connectivity index (χ3v) is 4.02.